The van der Waals surface area contributed by atoms with Crippen LogP contribution < -0.4 is 5.32 Å². The molecule has 0 bridgehead atoms. The summed E-state index contributed by atoms with van der Waals surface area (Å²) in [6.07, 6.45) is -20.3. The largest absolute Gasteiger partial charge is 0.479 e. The van der Waals surface area contributed by atoms with Crippen molar-refractivity contribution in [2.75, 3.05) is 6.61 Å². The van der Waals surface area contributed by atoms with E-state index in [4.69, 9.17) is 29.0 Å². The van der Waals surface area contributed by atoms with Crippen LogP contribution in [-0.2, 0) is 33.6 Å². The Balaban J connectivity index is 2.42. The second-order valence-corrected chi connectivity index (χ2v) is 7.60. The Hall–Kier alpha value is -1.71. The van der Waals surface area contributed by atoms with Crippen molar-refractivity contribution >= 4 is 22.5 Å². The quantitative estimate of drug-likeness (QED) is 0.154. The van der Waals surface area contributed by atoms with Gasteiger partial charge in [-0.2, -0.15) is 8.42 Å². The van der Waals surface area contributed by atoms with E-state index in [1.165, 1.54) is 0 Å². The highest BCUT2D eigenvalue weighted by Gasteiger charge is 2.54. The summed E-state index contributed by atoms with van der Waals surface area (Å²) in [7, 11) is -5.28. The van der Waals surface area contributed by atoms with Crippen molar-refractivity contribution in [1.29, 1.82) is 0 Å². The van der Waals surface area contributed by atoms with Gasteiger partial charge in [-0.15, -0.1) is 0 Å². The van der Waals surface area contributed by atoms with E-state index in [0.717, 1.165) is 0 Å². The number of carbonyl (C=O) groups is 2. The molecule has 2 aliphatic heterocycles. The topological polar surface area (TPSA) is 279 Å². The summed E-state index contributed by atoms with van der Waals surface area (Å²) in [5, 5.41) is 68.8. The Morgan fingerprint density at radius 1 is 0.968 bits per heavy atom. The highest BCUT2D eigenvalue weighted by molar-refractivity contribution is 7.80. The van der Waals surface area contributed by atoms with Crippen LogP contribution >= 0.6 is 0 Å². The number of nitrogens with one attached hydrogen (secondary N) is 1. The van der Waals surface area contributed by atoms with Crippen LogP contribution in [-0.4, -0.2) is 129 Å². The molecule has 0 radical (unpaired) electrons. The fourth-order valence-electron chi connectivity index (χ4n) is 3.10. The van der Waals surface area contributed by atoms with Gasteiger partial charge in [0.15, 0.2) is 18.7 Å². The van der Waals surface area contributed by atoms with E-state index >= 15 is 0 Å². The number of rotatable bonds is 7. The first-order chi connectivity index (χ1) is 14.3. The van der Waals surface area contributed by atoms with Crippen molar-refractivity contribution in [3.63, 3.8) is 0 Å². The number of aliphatic hydroxyl groups excluding tert-OH is 5. The number of amides is 1. The van der Waals surface area contributed by atoms with Gasteiger partial charge in [0.25, 0.3) is 0 Å². The molecule has 0 aromatic rings. The Morgan fingerprint density at radius 3 is 2.06 bits per heavy atom. The van der Waals surface area contributed by atoms with Gasteiger partial charge in [0, 0.05) is 0 Å². The average Bonchev–Trinajstić information content (AvgIpc) is 2.64. The van der Waals surface area contributed by atoms with E-state index in [9.17, 15) is 43.5 Å². The van der Waals surface area contributed by atoms with Crippen LogP contribution in [0.3, 0.4) is 0 Å². The normalized spacial score (nSPS) is 41.5. The monoisotopic (exact) mass is 479 g/mol. The predicted molar refractivity (Wildman–Crippen MR) is 88.5 cm³/mol. The maximum absolute atomic E-state index is 11.2. The molecule has 10 unspecified atom stereocenters. The summed E-state index contributed by atoms with van der Waals surface area (Å²) in [6, 6.07) is -1.89. The Bertz CT molecular complexity index is 761. The molecule has 2 saturated heterocycles. The fraction of sp³-hybridized carbons (Fsp3) is 0.846. The Kier molecular flexibility index (Phi) is 8.10. The summed E-state index contributed by atoms with van der Waals surface area (Å²) in [5.41, 5.74) is 0. The summed E-state index contributed by atoms with van der Waals surface area (Å²) >= 11 is 0. The van der Waals surface area contributed by atoms with E-state index < -0.39 is 90.4 Å². The number of carboxylic acids is 1. The lowest BCUT2D eigenvalue weighted by Crippen LogP contribution is -2.68. The van der Waals surface area contributed by atoms with E-state index in [1.807, 2.05) is 0 Å². The summed E-state index contributed by atoms with van der Waals surface area (Å²) in [4.78, 5) is 22.3. The van der Waals surface area contributed by atoms with Gasteiger partial charge in [0.05, 0.1) is 6.61 Å². The zero-order chi connectivity index (χ0) is 23.7. The third-order valence-electron chi connectivity index (χ3n) is 4.47. The molecule has 180 valence electrons. The molecule has 18 heteroatoms. The average molecular weight is 479 g/mol. The zero-order valence-corrected chi connectivity index (χ0v) is 16.0. The van der Waals surface area contributed by atoms with Gasteiger partial charge in [-0.3, -0.25) is 4.55 Å². The lowest BCUT2D eigenvalue weighted by atomic mass is 9.95. The molecule has 2 rings (SSSR count). The third-order valence-corrected chi connectivity index (χ3v) is 4.94. The molecule has 17 nitrogen and oxygen atoms in total. The minimum Gasteiger partial charge on any atom is -0.479 e. The van der Waals surface area contributed by atoms with Crippen molar-refractivity contribution in [3.05, 3.63) is 0 Å². The lowest BCUT2D eigenvalue weighted by Gasteiger charge is -2.46. The maximum atomic E-state index is 11.2. The van der Waals surface area contributed by atoms with Gasteiger partial charge in [0.1, 0.15) is 42.7 Å². The summed E-state index contributed by atoms with van der Waals surface area (Å²) in [5.74, 6) is -1.78. The number of hydrogen-bond donors (Lipinski definition) is 9. The molecule has 0 spiro atoms. The Labute approximate surface area is 173 Å². The minimum absolute atomic E-state index is 1.04. The van der Waals surface area contributed by atoms with Gasteiger partial charge in [0.2, 0.25) is 0 Å². The molecule has 1 amide bonds. The molecule has 0 aromatic heterocycles. The molecule has 0 aromatic carbocycles. The fourth-order valence-corrected chi connectivity index (χ4v) is 3.62. The van der Waals surface area contributed by atoms with Crippen LogP contribution in [0.15, 0.2) is 0 Å². The maximum Gasteiger partial charge on any atom is 0.405 e. The van der Waals surface area contributed by atoms with E-state index in [0.29, 0.717) is 0 Å². The minimum atomic E-state index is -5.28. The second-order valence-electron chi connectivity index (χ2n) is 6.55. The van der Waals surface area contributed by atoms with Crippen LogP contribution in [0.1, 0.15) is 0 Å². The van der Waals surface area contributed by atoms with Crippen LogP contribution in [0.5, 0.6) is 0 Å². The SMILES string of the molecule is O=C(O)NC1C(O)OC(CO)C(OS(=O)(=O)O)C1OC1OC(C(=O)O)C(O)C(O)C1O. The molecule has 0 aliphatic carbocycles. The third kappa shape index (κ3) is 5.96. The van der Waals surface area contributed by atoms with Crippen molar-refractivity contribution in [3.8, 4) is 0 Å². The molecule has 31 heavy (non-hydrogen) atoms. The summed E-state index contributed by atoms with van der Waals surface area (Å²) < 4.78 is 50.8. The number of ether oxygens (including phenoxy) is 3. The number of aliphatic hydroxyl groups is 5. The molecular weight excluding hydrogens is 458 g/mol. The van der Waals surface area contributed by atoms with Gasteiger partial charge in [-0.05, 0) is 0 Å². The van der Waals surface area contributed by atoms with Crippen LogP contribution in [0.25, 0.3) is 0 Å². The molecular formula is C13H21NO16S. The first kappa shape index (κ1) is 25.5. The highest BCUT2D eigenvalue weighted by atomic mass is 32.3. The molecule has 2 heterocycles. The number of carboxylic acid groups (broad SMARTS) is 2. The smallest absolute Gasteiger partial charge is 0.405 e. The van der Waals surface area contributed by atoms with Crippen molar-refractivity contribution in [1.82, 2.24) is 5.32 Å². The van der Waals surface area contributed by atoms with Gasteiger partial charge in [-0.1, -0.05) is 0 Å². The van der Waals surface area contributed by atoms with Crippen LogP contribution in [0.2, 0.25) is 0 Å². The molecule has 2 aliphatic rings. The van der Waals surface area contributed by atoms with Crippen LogP contribution in [0, 0.1) is 0 Å². The first-order valence-electron chi connectivity index (χ1n) is 8.44. The molecule has 10 atom stereocenters. The van der Waals surface area contributed by atoms with E-state index in [-0.39, 0.29) is 0 Å². The van der Waals surface area contributed by atoms with Gasteiger partial charge < -0.3 is 55.3 Å². The van der Waals surface area contributed by atoms with Crippen molar-refractivity contribution < 1.29 is 76.7 Å². The summed E-state index contributed by atoms with van der Waals surface area (Å²) in [6.45, 7) is -1.04. The Morgan fingerprint density at radius 2 is 1.58 bits per heavy atom. The highest BCUT2D eigenvalue weighted by Crippen LogP contribution is 2.30. The molecule has 9 N–H and O–H groups in total. The van der Waals surface area contributed by atoms with Crippen LogP contribution in [0.4, 0.5) is 4.79 Å². The molecule has 2 fully saturated rings. The van der Waals surface area contributed by atoms with Crippen molar-refractivity contribution in [2.45, 2.75) is 61.3 Å². The van der Waals surface area contributed by atoms with E-state index in [2.05, 4.69) is 4.18 Å². The number of hydrogen-bond acceptors (Lipinski definition) is 13. The van der Waals surface area contributed by atoms with Gasteiger partial charge >= 0.3 is 22.5 Å². The van der Waals surface area contributed by atoms with Gasteiger partial charge in [-0.25, -0.2) is 13.8 Å². The standard InChI is InChI=1S/C13H21NO16S/c15-1-2-7(30-31(24,25)26)8(3(11(21)27-2)14-13(22)23)28-12-6(18)4(16)5(17)9(29-12)10(19)20/h2-9,11-12,14-18,21H,1H2,(H,19,20)(H,22,23)(H,24,25,26). The molecule has 0 saturated carbocycles. The zero-order valence-electron chi connectivity index (χ0n) is 15.2. The lowest BCUT2D eigenvalue weighted by molar-refractivity contribution is -0.334. The van der Waals surface area contributed by atoms with E-state index in [1.54, 1.807) is 5.32 Å². The van der Waals surface area contributed by atoms with Crippen molar-refractivity contribution in [2.24, 2.45) is 0 Å². The number of aliphatic carboxylic acids is 1. The predicted octanol–water partition coefficient (Wildman–Crippen LogP) is -5.20. The second kappa shape index (κ2) is 9.83. The first-order valence-corrected chi connectivity index (χ1v) is 9.80.